The first-order valence-corrected chi connectivity index (χ1v) is 8.05. The van der Waals surface area contributed by atoms with Crippen molar-refractivity contribution < 1.29 is 4.92 Å². The van der Waals surface area contributed by atoms with Crippen molar-refractivity contribution >= 4 is 43.2 Å². The third-order valence-corrected chi connectivity index (χ3v) is 5.02. The van der Waals surface area contributed by atoms with E-state index in [1.54, 1.807) is 12.1 Å². The molecule has 0 aliphatic carbocycles. The Hall–Kier alpha value is -1.40. The predicted molar refractivity (Wildman–Crippen MR) is 91.6 cm³/mol. The van der Waals surface area contributed by atoms with Crippen LogP contribution in [0.25, 0.3) is 0 Å². The second-order valence-electron chi connectivity index (χ2n) is 4.56. The first-order valence-electron chi connectivity index (χ1n) is 6.46. The Morgan fingerprint density at radius 1 is 1.14 bits per heavy atom. The van der Waals surface area contributed by atoms with E-state index in [4.69, 9.17) is 0 Å². The highest BCUT2D eigenvalue weighted by molar-refractivity contribution is 9.13. The van der Waals surface area contributed by atoms with Crippen LogP contribution in [0.15, 0.2) is 45.3 Å². The van der Waals surface area contributed by atoms with Gasteiger partial charge in [0.25, 0.3) is 5.69 Å². The summed E-state index contributed by atoms with van der Waals surface area (Å²) in [7, 11) is 0. The molecule has 0 unspecified atom stereocenters. The summed E-state index contributed by atoms with van der Waals surface area (Å²) < 4.78 is 1.98. The van der Waals surface area contributed by atoms with Crippen LogP contribution in [0.2, 0.25) is 0 Å². The average Bonchev–Trinajstić information content (AvgIpc) is 2.48. The van der Waals surface area contributed by atoms with Crippen LogP contribution in [0.4, 0.5) is 11.4 Å². The number of aryl methyl sites for hydroxylation is 1. The Morgan fingerprint density at radius 2 is 1.90 bits per heavy atom. The van der Waals surface area contributed by atoms with Gasteiger partial charge >= 0.3 is 0 Å². The molecule has 0 saturated carbocycles. The minimum atomic E-state index is -0.333. The van der Waals surface area contributed by atoms with Crippen molar-refractivity contribution in [1.82, 2.24) is 0 Å². The van der Waals surface area contributed by atoms with Crippen LogP contribution in [0.1, 0.15) is 18.1 Å². The summed E-state index contributed by atoms with van der Waals surface area (Å²) in [6.45, 7) is 2.52. The molecule has 0 radical (unpaired) electrons. The van der Waals surface area contributed by atoms with E-state index in [1.807, 2.05) is 31.2 Å². The van der Waals surface area contributed by atoms with Crippen molar-refractivity contribution in [2.45, 2.75) is 19.9 Å². The predicted octanol–water partition coefficient (Wildman–Crippen LogP) is 5.29. The topological polar surface area (TPSA) is 55.2 Å². The lowest BCUT2D eigenvalue weighted by atomic mass is 10.1. The van der Waals surface area contributed by atoms with E-state index >= 15 is 0 Å². The van der Waals surface area contributed by atoms with Gasteiger partial charge in [-0.3, -0.25) is 10.1 Å². The van der Waals surface area contributed by atoms with Crippen molar-refractivity contribution in [2.24, 2.45) is 0 Å². The SMILES string of the molecule is CCc1ccc(NCc2ccc(Br)c(Br)c2)cc1[N+](=O)[O-]. The number of hydrogen-bond donors (Lipinski definition) is 1. The molecular weight excluding hydrogens is 400 g/mol. The zero-order chi connectivity index (χ0) is 15.4. The largest absolute Gasteiger partial charge is 0.381 e. The number of nitrogens with one attached hydrogen (secondary N) is 1. The quantitative estimate of drug-likeness (QED) is 0.534. The molecule has 0 amide bonds. The third kappa shape index (κ3) is 4.04. The van der Waals surface area contributed by atoms with Crippen molar-refractivity contribution in [3.05, 3.63) is 66.6 Å². The van der Waals surface area contributed by atoms with E-state index in [1.165, 1.54) is 0 Å². The molecule has 21 heavy (non-hydrogen) atoms. The molecule has 0 aliphatic heterocycles. The van der Waals surface area contributed by atoms with Crippen LogP contribution in [-0.2, 0) is 13.0 Å². The number of anilines is 1. The van der Waals surface area contributed by atoms with Crippen molar-refractivity contribution in [3.8, 4) is 0 Å². The Bertz CT molecular complexity index is 675. The smallest absolute Gasteiger partial charge is 0.274 e. The summed E-state index contributed by atoms with van der Waals surface area (Å²) >= 11 is 6.88. The van der Waals surface area contributed by atoms with E-state index in [0.29, 0.717) is 13.0 Å². The first-order chi connectivity index (χ1) is 10.0. The Morgan fingerprint density at radius 3 is 2.52 bits per heavy atom. The number of rotatable bonds is 5. The number of benzene rings is 2. The van der Waals surface area contributed by atoms with Crippen molar-refractivity contribution in [1.29, 1.82) is 0 Å². The van der Waals surface area contributed by atoms with Crippen LogP contribution >= 0.6 is 31.9 Å². The molecule has 2 aromatic carbocycles. The van der Waals surface area contributed by atoms with Crippen molar-refractivity contribution in [3.63, 3.8) is 0 Å². The Labute approximate surface area is 140 Å². The van der Waals surface area contributed by atoms with E-state index in [2.05, 4.69) is 37.2 Å². The Kier molecular flexibility index (Phi) is 5.36. The van der Waals surface area contributed by atoms with E-state index in [-0.39, 0.29) is 10.6 Å². The van der Waals surface area contributed by atoms with Gasteiger partial charge in [-0.05, 0) is 62.0 Å². The molecule has 0 atom stereocenters. The highest BCUT2D eigenvalue weighted by Gasteiger charge is 2.12. The summed E-state index contributed by atoms with van der Waals surface area (Å²) in [6.07, 6.45) is 0.649. The molecule has 0 spiro atoms. The fourth-order valence-corrected chi connectivity index (χ4v) is 2.67. The van der Waals surface area contributed by atoms with Gasteiger partial charge in [0.2, 0.25) is 0 Å². The van der Waals surface area contributed by atoms with Gasteiger partial charge in [-0.2, -0.15) is 0 Å². The molecule has 110 valence electrons. The maximum atomic E-state index is 11.1. The zero-order valence-corrected chi connectivity index (χ0v) is 14.6. The molecule has 0 fully saturated rings. The molecule has 6 heteroatoms. The lowest BCUT2D eigenvalue weighted by molar-refractivity contribution is -0.385. The number of hydrogen-bond acceptors (Lipinski definition) is 3. The lowest BCUT2D eigenvalue weighted by Gasteiger charge is -2.09. The first kappa shape index (κ1) is 16.0. The van der Waals surface area contributed by atoms with Gasteiger partial charge in [-0.1, -0.05) is 19.1 Å². The maximum absolute atomic E-state index is 11.1. The van der Waals surface area contributed by atoms with E-state index < -0.39 is 0 Å². The minimum Gasteiger partial charge on any atom is -0.381 e. The van der Waals surface area contributed by atoms with Crippen LogP contribution in [0.3, 0.4) is 0 Å². The molecule has 0 saturated heterocycles. The summed E-state index contributed by atoms with van der Waals surface area (Å²) in [5.74, 6) is 0. The van der Waals surface area contributed by atoms with Crippen LogP contribution in [-0.4, -0.2) is 4.92 Å². The molecule has 0 heterocycles. The average molecular weight is 414 g/mol. The normalized spacial score (nSPS) is 10.4. The van der Waals surface area contributed by atoms with E-state index in [0.717, 1.165) is 25.8 Å². The van der Waals surface area contributed by atoms with Gasteiger partial charge in [0, 0.05) is 32.8 Å². The molecule has 0 aliphatic rings. The molecule has 1 N–H and O–H groups in total. The standard InChI is InChI=1S/C15H14Br2N2O2/c1-2-11-4-5-12(8-15(11)19(20)21)18-9-10-3-6-13(16)14(17)7-10/h3-8,18H,2,9H2,1H3. The number of nitro benzene ring substituents is 1. The monoisotopic (exact) mass is 412 g/mol. The lowest BCUT2D eigenvalue weighted by Crippen LogP contribution is -2.01. The second kappa shape index (κ2) is 7.04. The summed E-state index contributed by atoms with van der Waals surface area (Å²) in [6, 6.07) is 11.2. The maximum Gasteiger partial charge on any atom is 0.274 e. The van der Waals surface area contributed by atoms with Crippen LogP contribution in [0.5, 0.6) is 0 Å². The van der Waals surface area contributed by atoms with Gasteiger partial charge in [-0.25, -0.2) is 0 Å². The summed E-state index contributed by atoms with van der Waals surface area (Å²) in [5, 5.41) is 14.3. The number of halogens is 2. The van der Waals surface area contributed by atoms with Gasteiger partial charge < -0.3 is 5.32 Å². The van der Waals surface area contributed by atoms with Gasteiger partial charge in [0.05, 0.1) is 4.92 Å². The highest BCUT2D eigenvalue weighted by Crippen LogP contribution is 2.26. The van der Waals surface area contributed by atoms with E-state index in [9.17, 15) is 10.1 Å². The number of nitrogens with zero attached hydrogens (tertiary/aromatic N) is 1. The Balaban J connectivity index is 2.14. The molecule has 0 aromatic heterocycles. The van der Waals surface area contributed by atoms with Gasteiger partial charge in [0.1, 0.15) is 0 Å². The molecule has 2 rings (SSSR count). The zero-order valence-electron chi connectivity index (χ0n) is 11.4. The van der Waals surface area contributed by atoms with Gasteiger partial charge in [-0.15, -0.1) is 0 Å². The summed E-state index contributed by atoms with van der Waals surface area (Å²) in [4.78, 5) is 10.7. The summed E-state index contributed by atoms with van der Waals surface area (Å²) in [5.41, 5.74) is 2.75. The number of nitro groups is 1. The van der Waals surface area contributed by atoms with Gasteiger partial charge in [0.15, 0.2) is 0 Å². The molecule has 4 nitrogen and oxygen atoms in total. The highest BCUT2D eigenvalue weighted by atomic mass is 79.9. The minimum absolute atomic E-state index is 0.166. The van der Waals surface area contributed by atoms with Crippen LogP contribution in [0, 0.1) is 10.1 Å². The van der Waals surface area contributed by atoms with Crippen molar-refractivity contribution in [2.75, 3.05) is 5.32 Å². The van der Waals surface area contributed by atoms with Crippen LogP contribution < -0.4 is 5.32 Å². The molecular formula is C15H14Br2N2O2. The fourth-order valence-electron chi connectivity index (χ4n) is 2.00. The third-order valence-electron chi connectivity index (χ3n) is 3.14. The molecule has 2 aromatic rings. The fraction of sp³-hybridized carbons (Fsp3) is 0.200. The molecule has 0 bridgehead atoms. The second-order valence-corrected chi connectivity index (χ2v) is 6.26.